The van der Waals surface area contributed by atoms with Crippen LogP contribution in [-0.2, 0) is 17.4 Å². The van der Waals surface area contributed by atoms with Gasteiger partial charge in [-0.25, -0.2) is 0 Å². The standard InChI is InChI=1S/C29H19Cl2F3N2O5.Na/c30-22-11-16(29(32,33)34)3-7-20(22)24-8-4-17(35-36-24)12-25(37)15-1-5-18(6-2-15)41-27-14-26-21(13-23(27)31)19(28(38)39)9-10-40-26;/h1-8,11,13-14,19H,9-10,12H2,(H,38,39);/q;+1/p-1. The van der Waals surface area contributed by atoms with Crippen LogP contribution < -0.4 is 44.1 Å². The predicted octanol–water partition coefficient (Wildman–Crippen LogP) is 3.31. The van der Waals surface area contributed by atoms with Crippen molar-refractivity contribution in [2.75, 3.05) is 6.61 Å². The van der Waals surface area contributed by atoms with Crippen molar-refractivity contribution < 1.29 is 66.9 Å². The van der Waals surface area contributed by atoms with Gasteiger partial charge in [0.2, 0.25) is 0 Å². The summed E-state index contributed by atoms with van der Waals surface area (Å²) in [6, 6.07) is 15.3. The topological polar surface area (TPSA) is 101 Å². The molecule has 0 saturated carbocycles. The van der Waals surface area contributed by atoms with Crippen LogP contribution in [-0.4, -0.2) is 28.6 Å². The number of ketones is 1. The smallest absolute Gasteiger partial charge is 0.549 e. The molecule has 1 aliphatic heterocycles. The summed E-state index contributed by atoms with van der Waals surface area (Å²) in [6.07, 6.45) is -4.30. The molecule has 0 spiro atoms. The average Bonchev–Trinajstić information content (AvgIpc) is 2.93. The monoisotopic (exact) mass is 624 g/mol. The number of Topliss-reactive ketones (excluding diaryl/α,β-unsaturated/α-hetero) is 1. The molecular formula is C29H18Cl2F3N2NaO5. The van der Waals surface area contributed by atoms with E-state index in [1.807, 2.05) is 0 Å². The second kappa shape index (κ2) is 13.0. The number of hydrogen-bond acceptors (Lipinski definition) is 7. The first kappa shape index (κ1) is 31.8. The molecule has 2 heterocycles. The Morgan fingerprint density at radius 1 is 0.976 bits per heavy atom. The second-order valence-corrected chi connectivity index (χ2v) is 9.97. The molecule has 0 fully saturated rings. The van der Waals surface area contributed by atoms with Gasteiger partial charge >= 0.3 is 35.7 Å². The number of carbonyl (C=O) groups is 2. The molecule has 1 aromatic heterocycles. The number of aromatic nitrogens is 2. The van der Waals surface area contributed by atoms with Gasteiger partial charge in [-0.05, 0) is 61.0 Å². The Morgan fingerprint density at radius 2 is 1.71 bits per heavy atom. The van der Waals surface area contributed by atoms with E-state index in [1.54, 1.807) is 30.3 Å². The fourth-order valence-corrected chi connectivity index (χ4v) is 4.80. The van der Waals surface area contributed by atoms with Gasteiger partial charge in [-0.2, -0.15) is 23.4 Å². The SMILES string of the molecule is O=C(Cc1ccc(-c2ccc(C(F)(F)F)cc2Cl)nn1)c1ccc(Oc2cc3c(cc2Cl)C(C(=O)[O-])CCO3)cc1.[Na+]. The maximum absolute atomic E-state index is 12.9. The molecular weight excluding hydrogens is 607 g/mol. The molecule has 0 amide bonds. The minimum atomic E-state index is -4.52. The van der Waals surface area contributed by atoms with Crippen molar-refractivity contribution in [1.82, 2.24) is 10.2 Å². The van der Waals surface area contributed by atoms with E-state index in [2.05, 4.69) is 10.2 Å². The molecule has 0 bridgehead atoms. The van der Waals surface area contributed by atoms with Crippen LogP contribution in [0.25, 0.3) is 11.3 Å². The predicted molar refractivity (Wildman–Crippen MR) is 141 cm³/mol. The summed E-state index contributed by atoms with van der Waals surface area (Å²) < 4.78 is 50.1. The Kier molecular flexibility index (Phi) is 9.84. The van der Waals surface area contributed by atoms with E-state index in [-0.39, 0.29) is 81.8 Å². The minimum Gasteiger partial charge on any atom is -0.549 e. The van der Waals surface area contributed by atoms with Crippen molar-refractivity contribution in [3.63, 3.8) is 0 Å². The van der Waals surface area contributed by atoms with Crippen molar-refractivity contribution in [3.8, 4) is 28.5 Å². The number of halogens is 5. The number of carboxylic acid groups (broad SMARTS) is 1. The molecule has 1 unspecified atom stereocenters. The average molecular weight is 625 g/mol. The zero-order valence-electron chi connectivity index (χ0n) is 21.9. The summed E-state index contributed by atoms with van der Waals surface area (Å²) in [7, 11) is 0. The van der Waals surface area contributed by atoms with Crippen molar-refractivity contribution in [1.29, 1.82) is 0 Å². The van der Waals surface area contributed by atoms with Crippen molar-refractivity contribution >= 4 is 35.0 Å². The maximum atomic E-state index is 12.9. The van der Waals surface area contributed by atoms with Gasteiger partial charge in [0.25, 0.3) is 0 Å². The molecule has 13 heteroatoms. The number of fused-ring (bicyclic) bond motifs is 1. The van der Waals surface area contributed by atoms with Crippen LogP contribution in [0.3, 0.4) is 0 Å². The quantitative estimate of drug-likeness (QED) is 0.230. The van der Waals surface area contributed by atoms with Gasteiger partial charge in [-0.3, -0.25) is 4.79 Å². The Hall–Kier alpha value is -3.15. The molecule has 3 aromatic carbocycles. The first-order valence-electron chi connectivity index (χ1n) is 12.2. The van der Waals surface area contributed by atoms with Gasteiger partial charge in [0.15, 0.2) is 5.78 Å². The number of carboxylic acids is 1. The van der Waals surface area contributed by atoms with E-state index < -0.39 is 23.6 Å². The molecule has 1 aliphatic rings. The van der Waals surface area contributed by atoms with Crippen LogP contribution >= 0.6 is 23.2 Å². The van der Waals surface area contributed by atoms with E-state index in [0.717, 1.165) is 12.1 Å². The molecule has 42 heavy (non-hydrogen) atoms. The molecule has 7 nitrogen and oxygen atoms in total. The fourth-order valence-electron chi connectivity index (χ4n) is 4.31. The van der Waals surface area contributed by atoms with Crippen LogP contribution in [0, 0.1) is 0 Å². The van der Waals surface area contributed by atoms with Gasteiger partial charge < -0.3 is 19.4 Å². The molecule has 0 radical (unpaired) electrons. The molecule has 0 aliphatic carbocycles. The first-order valence-corrected chi connectivity index (χ1v) is 12.9. The molecule has 1 atom stereocenters. The van der Waals surface area contributed by atoms with Crippen LogP contribution in [0.5, 0.6) is 17.2 Å². The van der Waals surface area contributed by atoms with E-state index in [4.69, 9.17) is 32.7 Å². The Balaban J connectivity index is 0.00000405. The van der Waals surface area contributed by atoms with Crippen LogP contribution in [0.15, 0.2) is 66.7 Å². The third kappa shape index (κ3) is 7.07. The van der Waals surface area contributed by atoms with E-state index in [1.165, 1.54) is 24.3 Å². The third-order valence-corrected chi connectivity index (χ3v) is 7.03. The Labute approximate surface area is 269 Å². The van der Waals surface area contributed by atoms with Gasteiger partial charge in [0.05, 0.1) is 40.0 Å². The zero-order chi connectivity index (χ0) is 29.3. The molecule has 0 N–H and O–H groups in total. The summed E-state index contributed by atoms with van der Waals surface area (Å²) in [5, 5.41) is 19.5. The Morgan fingerprint density at radius 3 is 2.33 bits per heavy atom. The largest absolute Gasteiger partial charge is 1.00 e. The molecule has 210 valence electrons. The number of ether oxygens (including phenoxy) is 2. The van der Waals surface area contributed by atoms with E-state index in [0.29, 0.717) is 28.3 Å². The van der Waals surface area contributed by atoms with Crippen molar-refractivity contribution in [2.45, 2.75) is 24.9 Å². The maximum Gasteiger partial charge on any atom is 1.00 e. The zero-order valence-corrected chi connectivity index (χ0v) is 25.4. The number of rotatable bonds is 7. The summed E-state index contributed by atoms with van der Waals surface area (Å²) in [6.45, 7) is 0.222. The van der Waals surface area contributed by atoms with Gasteiger partial charge in [-0.1, -0.05) is 29.3 Å². The summed E-state index contributed by atoms with van der Waals surface area (Å²) in [4.78, 5) is 24.2. The second-order valence-electron chi connectivity index (χ2n) is 9.16. The third-order valence-electron chi connectivity index (χ3n) is 6.43. The number of hydrogen-bond donors (Lipinski definition) is 0. The number of alkyl halides is 3. The molecule has 5 rings (SSSR count). The van der Waals surface area contributed by atoms with E-state index in [9.17, 15) is 27.9 Å². The molecule has 0 saturated heterocycles. The summed E-state index contributed by atoms with van der Waals surface area (Å²) >= 11 is 12.3. The summed E-state index contributed by atoms with van der Waals surface area (Å²) in [5.74, 6) is -1.28. The number of aliphatic carboxylic acids is 1. The van der Waals surface area contributed by atoms with Gasteiger partial charge in [-0.15, -0.1) is 0 Å². The number of nitrogens with zero attached hydrogens (tertiary/aromatic N) is 2. The summed E-state index contributed by atoms with van der Waals surface area (Å²) in [5.41, 5.74) is 0.841. The van der Waals surface area contributed by atoms with Crippen LogP contribution in [0.2, 0.25) is 10.0 Å². The fraction of sp³-hybridized carbons (Fsp3) is 0.172. The van der Waals surface area contributed by atoms with Crippen molar-refractivity contribution in [3.05, 3.63) is 99.2 Å². The normalized spacial score (nSPS) is 14.3. The Bertz CT molecular complexity index is 1630. The molecule has 4 aromatic rings. The van der Waals surface area contributed by atoms with Crippen molar-refractivity contribution in [2.24, 2.45) is 0 Å². The number of carbonyl (C=O) groups excluding carboxylic acids is 2. The van der Waals surface area contributed by atoms with E-state index >= 15 is 0 Å². The first-order chi connectivity index (χ1) is 19.5. The minimum absolute atomic E-state index is 0. The van der Waals surface area contributed by atoms with Crippen LogP contribution in [0.4, 0.5) is 13.2 Å². The number of benzene rings is 3. The van der Waals surface area contributed by atoms with Crippen LogP contribution in [0.1, 0.15) is 39.5 Å². The van der Waals surface area contributed by atoms with Gasteiger partial charge in [0.1, 0.15) is 17.2 Å². The van der Waals surface area contributed by atoms with Gasteiger partial charge in [0, 0.05) is 34.6 Å².